The fraction of sp³-hybridized carbons (Fsp3) is 0.500. The summed E-state index contributed by atoms with van der Waals surface area (Å²) in [5, 5.41) is 2.84. The molecule has 1 N–H and O–H groups in total. The summed E-state index contributed by atoms with van der Waals surface area (Å²) in [7, 11) is 1.63. The molecule has 0 fully saturated rings. The zero-order valence-electron chi connectivity index (χ0n) is 12.7. The lowest BCUT2D eigenvalue weighted by Gasteiger charge is -2.06. The standard InChI is InChI=1S/C16H23NO4/c1-3-21-16(19)6-4-5-15(18)17-12-11-13-7-9-14(20-2)10-8-13/h7-10H,3-6,11-12H2,1-2H3,(H,17,18). The van der Waals surface area contributed by atoms with Crippen molar-refractivity contribution in [1.82, 2.24) is 5.32 Å². The lowest BCUT2D eigenvalue weighted by atomic mass is 10.1. The Kier molecular flexibility index (Phi) is 7.94. The molecule has 0 aliphatic heterocycles. The van der Waals surface area contributed by atoms with Crippen molar-refractivity contribution < 1.29 is 19.1 Å². The zero-order chi connectivity index (χ0) is 15.5. The molecule has 0 saturated heterocycles. The molecule has 0 atom stereocenters. The summed E-state index contributed by atoms with van der Waals surface area (Å²) in [4.78, 5) is 22.7. The van der Waals surface area contributed by atoms with Gasteiger partial charge in [0.25, 0.3) is 0 Å². The van der Waals surface area contributed by atoms with Crippen LogP contribution in [0.3, 0.4) is 0 Å². The molecule has 0 unspecified atom stereocenters. The molecule has 1 aromatic carbocycles. The van der Waals surface area contributed by atoms with Crippen molar-refractivity contribution in [1.29, 1.82) is 0 Å². The van der Waals surface area contributed by atoms with Gasteiger partial charge in [0.2, 0.25) is 5.91 Å². The Morgan fingerprint density at radius 3 is 2.48 bits per heavy atom. The van der Waals surface area contributed by atoms with E-state index in [4.69, 9.17) is 9.47 Å². The maximum atomic E-state index is 11.6. The summed E-state index contributed by atoms with van der Waals surface area (Å²) < 4.78 is 9.89. The summed E-state index contributed by atoms with van der Waals surface area (Å²) in [5.74, 6) is 0.540. The Bertz CT molecular complexity index is 442. The number of methoxy groups -OCH3 is 1. The monoisotopic (exact) mass is 293 g/mol. The summed E-state index contributed by atoms with van der Waals surface area (Å²) in [6.45, 7) is 2.74. The molecule has 1 aromatic rings. The van der Waals surface area contributed by atoms with E-state index in [2.05, 4.69) is 5.32 Å². The van der Waals surface area contributed by atoms with Crippen molar-refractivity contribution in [3.63, 3.8) is 0 Å². The van der Waals surface area contributed by atoms with Gasteiger partial charge in [-0.15, -0.1) is 0 Å². The highest BCUT2D eigenvalue weighted by Gasteiger charge is 2.05. The Labute approximate surface area is 125 Å². The third-order valence-corrected chi connectivity index (χ3v) is 2.98. The number of rotatable bonds is 9. The van der Waals surface area contributed by atoms with Crippen LogP contribution in [0.4, 0.5) is 0 Å². The highest BCUT2D eigenvalue weighted by Crippen LogP contribution is 2.11. The molecule has 0 heterocycles. The van der Waals surface area contributed by atoms with Gasteiger partial charge in [0.1, 0.15) is 5.75 Å². The minimum atomic E-state index is -0.247. The Morgan fingerprint density at radius 2 is 1.86 bits per heavy atom. The molecule has 5 nitrogen and oxygen atoms in total. The van der Waals surface area contributed by atoms with E-state index in [0.29, 0.717) is 32.4 Å². The first-order valence-electron chi connectivity index (χ1n) is 7.21. The van der Waals surface area contributed by atoms with Crippen LogP contribution in [0.1, 0.15) is 31.7 Å². The molecule has 0 bridgehead atoms. The minimum absolute atomic E-state index is 0.0344. The number of hydrogen-bond acceptors (Lipinski definition) is 4. The molecule has 21 heavy (non-hydrogen) atoms. The van der Waals surface area contributed by atoms with E-state index in [1.807, 2.05) is 24.3 Å². The fourth-order valence-electron chi connectivity index (χ4n) is 1.85. The Balaban J connectivity index is 2.13. The fourth-order valence-corrected chi connectivity index (χ4v) is 1.85. The van der Waals surface area contributed by atoms with Crippen LogP contribution in [0.25, 0.3) is 0 Å². The number of ether oxygens (including phenoxy) is 2. The van der Waals surface area contributed by atoms with Gasteiger partial charge in [0.15, 0.2) is 0 Å². The minimum Gasteiger partial charge on any atom is -0.497 e. The molecule has 5 heteroatoms. The van der Waals surface area contributed by atoms with E-state index in [1.54, 1.807) is 14.0 Å². The lowest BCUT2D eigenvalue weighted by Crippen LogP contribution is -2.25. The molecule has 0 spiro atoms. The van der Waals surface area contributed by atoms with Crippen LogP contribution in [0.15, 0.2) is 24.3 Å². The van der Waals surface area contributed by atoms with E-state index in [0.717, 1.165) is 17.7 Å². The van der Waals surface area contributed by atoms with E-state index in [-0.39, 0.29) is 11.9 Å². The molecular formula is C16H23NO4. The van der Waals surface area contributed by atoms with E-state index >= 15 is 0 Å². The van der Waals surface area contributed by atoms with Crippen LogP contribution in [0, 0.1) is 0 Å². The summed E-state index contributed by atoms with van der Waals surface area (Å²) >= 11 is 0. The summed E-state index contributed by atoms with van der Waals surface area (Å²) in [6, 6.07) is 7.75. The van der Waals surface area contributed by atoms with Gasteiger partial charge in [-0.2, -0.15) is 0 Å². The third kappa shape index (κ3) is 7.34. The van der Waals surface area contributed by atoms with Gasteiger partial charge in [0, 0.05) is 19.4 Å². The van der Waals surface area contributed by atoms with Crippen molar-refractivity contribution in [3.05, 3.63) is 29.8 Å². The van der Waals surface area contributed by atoms with Crippen LogP contribution in [-0.2, 0) is 20.7 Å². The average molecular weight is 293 g/mol. The number of carbonyl (C=O) groups excluding carboxylic acids is 2. The van der Waals surface area contributed by atoms with Gasteiger partial charge in [-0.05, 0) is 37.5 Å². The van der Waals surface area contributed by atoms with Gasteiger partial charge < -0.3 is 14.8 Å². The first kappa shape index (κ1) is 17.0. The predicted octanol–water partition coefficient (Wildman–Crippen LogP) is 2.09. The largest absolute Gasteiger partial charge is 0.497 e. The molecule has 1 amide bonds. The molecule has 0 aliphatic carbocycles. The highest BCUT2D eigenvalue weighted by molar-refractivity contribution is 5.77. The topological polar surface area (TPSA) is 64.6 Å². The van der Waals surface area contributed by atoms with Gasteiger partial charge >= 0.3 is 5.97 Å². The van der Waals surface area contributed by atoms with Crippen molar-refractivity contribution in [2.75, 3.05) is 20.3 Å². The summed E-state index contributed by atoms with van der Waals surface area (Å²) in [6.07, 6.45) is 1.93. The van der Waals surface area contributed by atoms with Crippen LogP contribution in [0.5, 0.6) is 5.75 Å². The molecule has 0 aliphatic rings. The van der Waals surface area contributed by atoms with Crippen LogP contribution < -0.4 is 10.1 Å². The number of hydrogen-bond donors (Lipinski definition) is 1. The van der Waals surface area contributed by atoms with E-state index in [1.165, 1.54) is 0 Å². The van der Waals surface area contributed by atoms with Crippen molar-refractivity contribution in [2.24, 2.45) is 0 Å². The van der Waals surface area contributed by atoms with Crippen LogP contribution >= 0.6 is 0 Å². The summed E-state index contributed by atoms with van der Waals surface area (Å²) in [5.41, 5.74) is 1.14. The van der Waals surface area contributed by atoms with Crippen molar-refractivity contribution in [2.45, 2.75) is 32.6 Å². The highest BCUT2D eigenvalue weighted by atomic mass is 16.5. The van der Waals surface area contributed by atoms with E-state index in [9.17, 15) is 9.59 Å². The zero-order valence-corrected chi connectivity index (χ0v) is 12.7. The predicted molar refractivity (Wildman–Crippen MR) is 80.2 cm³/mol. The first-order chi connectivity index (χ1) is 10.2. The number of nitrogens with one attached hydrogen (secondary N) is 1. The molecule has 0 aromatic heterocycles. The molecule has 0 saturated carbocycles. The normalized spacial score (nSPS) is 10.0. The molecular weight excluding hydrogens is 270 g/mol. The smallest absolute Gasteiger partial charge is 0.305 e. The quantitative estimate of drug-likeness (QED) is 0.708. The number of amides is 1. The molecule has 116 valence electrons. The SMILES string of the molecule is CCOC(=O)CCCC(=O)NCCc1ccc(OC)cc1. The van der Waals surface area contributed by atoms with Gasteiger partial charge in [-0.3, -0.25) is 9.59 Å². The molecule has 0 radical (unpaired) electrons. The first-order valence-corrected chi connectivity index (χ1v) is 7.21. The van der Waals surface area contributed by atoms with E-state index < -0.39 is 0 Å². The van der Waals surface area contributed by atoms with Crippen molar-refractivity contribution >= 4 is 11.9 Å². The Morgan fingerprint density at radius 1 is 1.14 bits per heavy atom. The average Bonchev–Trinajstić information content (AvgIpc) is 2.48. The second-order valence-electron chi connectivity index (χ2n) is 4.61. The molecule has 1 rings (SSSR count). The number of benzene rings is 1. The van der Waals surface area contributed by atoms with Crippen molar-refractivity contribution in [3.8, 4) is 5.75 Å². The maximum absolute atomic E-state index is 11.6. The van der Waals surface area contributed by atoms with Gasteiger partial charge in [0.05, 0.1) is 13.7 Å². The second kappa shape index (κ2) is 9.80. The van der Waals surface area contributed by atoms with Crippen LogP contribution in [0.2, 0.25) is 0 Å². The van der Waals surface area contributed by atoms with Crippen LogP contribution in [-0.4, -0.2) is 32.1 Å². The maximum Gasteiger partial charge on any atom is 0.305 e. The van der Waals surface area contributed by atoms with Gasteiger partial charge in [-0.1, -0.05) is 12.1 Å². The third-order valence-electron chi connectivity index (χ3n) is 2.98. The lowest BCUT2D eigenvalue weighted by molar-refractivity contribution is -0.143. The van der Waals surface area contributed by atoms with Gasteiger partial charge in [-0.25, -0.2) is 0 Å². The second-order valence-corrected chi connectivity index (χ2v) is 4.61. The Hall–Kier alpha value is -2.04. The number of carbonyl (C=O) groups is 2. The number of esters is 1.